The first kappa shape index (κ1) is 17.3. The number of benzene rings is 1. The highest BCUT2D eigenvalue weighted by atomic mass is 19.4. The maximum absolute atomic E-state index is 13.1. The van der Waals surface area contributed by atoms with E-state index in [0.29, 0.717) is 23.9 Å². The third-order valence-corrected chi connectivity index (χ3v) is 4.86. The van der Waals surface area contributed by atoms with Crippen LogP contribution in [0.1, 0.15) is 29.9 Å². The van der Waals surface area contributed by atoms with Crippen molar-refractivity contribution in [1.82, 2.24) is 5.32 Å². The van der Waals surface area contributed by atoms with Gasteiger partial charge in [0, 0.05) is 29.7 Å². The molecule has 0 saturated carbocycles. The fraction of sp³-hybridized carbons (Fsp3) is 0.294. The molecule has 4 rings (SSSR count). The van der Waals surface area contributed by atoms with E-state index in [4.69, 9.17) is 4.74 Å². The van der Waals surface area contributed by atoms with Gasteiger partial charge in [-0.2, -0.15) is 13.2 Å². The van der Waals surface area contributed by atoms with Crippen LogP contribution < -0.4 is 5.32 Å². The summed E-state index contributed by atoms with van der Waals surface area (Å²) in [5.41, 5.74) is -1.07. The number of dihydropyridines is 1. The Morgan fingerprint density at radius 1 is 1.15 bits per heavy atom. The van der Waals surface area contributed by atoms with E-state index in [2.05, 4.69) is 5.32 Å². The quantitative estimate of drug-likeness (QED) is 0.481. The second kappa shape index (κ2) is 5.66. The molecule has 0 bridgehead atoms. The summed E-state index contributed by atoms with van der Waals surface area (Å²) in [6.45, 7) is -0.0433. The lowest BCUT2D eigenvalue weighted by molar-refractivity contribution is -0.388. The number of hydrogen-bond acceptors (Lipinski definition) is 6. The number of nitrogens with zero attached hydrogens (tertiary/aromatic N) is 1. The summed E-state index contributed by atoms with van der Waals surface area (Å²) in [6, 6.07) is 2.46. The molecule has 0 spiro atoms. The Morgan fingerprint density at radius 3 is 2.56 bits per heavy atom. The zero-order valence-corrected chi connectivity index (χ0v) is 13.6. The molecular weight excluding hydrogens is 369 g/mol. The molecule has 0 radical (unpaired) electrons. The van der Waals surface area contributed by atoms with Crippen LogP contribution in [0.5, 0.6) is 0 Å². The van der Waals surface area contributed by atoms with Crippen molar-refractivity contribution in [2.24, 2.45) is 0 Å². The number of nitro benzene ring substituents is 1. The molecule has 10 heteroatoms. The molecule has 3 aliphatic rings. The summed E-state index contributed by atoms with van der Waals surface area (Å²) in [7, 11) is 0. The summed E-state index contributed by atoms with van der Waals surface area (Å²) in [5.74, 6) is -1.94. The highest BCUT2D eigenvalue weighted by molar-refractivity contribution is 6.05. The fourth-order valence-corrected chi connectivity index (χ4v) is 3.73. The number of nitro groups is 1. The predicted molar refractivity (Wildman–Crippen MR) is 83.2 cm³/mol. The van der Waals surface area contributed by atoms with Crippen LogP contribution in [0.4, 0.5) is 18.9 Å². The third kappa shape index (κ3) is 2.59. The number of ether oxygens (including phenoxy) is 1. The smallest absolute Gasteiger partial charge is 0.422 e. The van der Waals surface area contributed by atoms with Gasteiger partial charge in [0.1, 0.15) is 12.2 Å². The summed E-state index contributed by atoms with van der Waals surface area (Å²) < 4.78 is 44.2. The molecule has 0 fully saturated rings. The average Bonchev–Trinajstić information content (AvgIpc) is 3.15. The number of hydrogen-bond donors (Lipinski definition) is 1. The van der Waals surface area contributed by atoms with Gasteiger partial charge in [-0.3, -0.25) is 14.9 Å². The van der Waals surface area contributed by atoms with Gasteiger partial charge in [0.2, 0.25) is 0 Å². The van der Waals surface area contributed by atoms with E-state index >= 15 is 0 Å². The largest absolute Gasteiger partial charge is 0.456 e. The molecule has 0 aromatic heterocycles. The molecule has 1 aliphatic carbocycles. The van der Waals surface area contributed by atoms with E-state index < -0.39 is 34.2 Å². The van der Waals surface area contributed by atoms with Gasteiger partial charge < -0.3 is 10.1 Å². The SMILES string of the molecule is O=C1CCC2=C1C(c1ccc(C(F)(F)F)c([N+](=O)[O-])c1)C1=C(COC1=O)N2. The van der Waals surface area contributed by atoms with E-state index in [-0.39, 0.29) is 35.5 Å². The lowest BCUT2D eigenvalue weighted by atomic mass is 9.80. The standard InChI is InChI=1S/C17H11F3N2O5/c18-17(19,20)8-2-1-7(5-11(8)22(25)26)13-14-9(3-4-12(14)23)21-10-6-27-16(24)15(10)13/h1-2,5,13,21H,3-4,6H2. The number of halogens is 3. The van der Waals surface area contributed by atoms with Crippen molar-refractivity contribution in [2.45, 2.75) is 24.9 Å². The van der Waals surface area contributed by atoms with Crippen LogP contribution in [0.2, 0.25) is 0 Å². The van der Waals surface area contributed by atoms with Gasteiger partial charge in [-0.1, -0.05) is 6.07 Å². The van der Waals surface area contributed by atoms with Gasteiger partial charge in [0.25, 0.3) is 5.69 Å². The molecule has 27 heavy (non-hydrogen) atoms. The maximum atomic E-state index is 13.1. The van der Waals surface area contributed by atoms with Crippen molar-refractivity contribution < 1.29 is 32.4 Å². The molecule has 1 aromatic carbocycles. The van der Waals surface area contributed by atoms with E-state index in [1.54, 1.807) is 0 Å². The Kier molecular flexibility index (Phi) is 3.62. The van der Waals surface area contributed by atoms with E-state index in [1.807, 2.05) is 0 Å². The van der Waals surface area contributed by atoms with Crippen molar-refractivity contribution in [3.8, 4) is 0 Å². The molecule has 1 atom stereocenters. The van der Waals surface area contributed by atoms with Crippen LogP contribution in [0, 0.1) is 10.1 Å². The number of carbonyl (C=O) groups excluding carboxylic acids is 2. The number of allylic oxidation sites excluding steroid dienone is 2. The van der Waals surface area contributed by atoms with Crippen LogP contribution in [0.15, 0.2) is 40.7 Å². The number of Topliss-reactive ketones (excluding diaryl/α,β-unsaturated/α-hetero) is 1. The molecule has 2 aliphatic heterocycles. The first-order valence-electron chi connectivity index (χ1n) is 7.97. The zero-order chi connectivity index (χ0) is 19.5. The number of cyclic esters (lactones) is 1. The Bertz CT molecular complexity index is 937. The zero-order valence-electron chi connectivity index (χ0n) is 13.6. The monoisotopic (exact) mass is 380 g/mol. The van der Waals surface area contributed by atoms with Gasteiger partial charge in [-0.15, -0.1) is 0 Å². The highest BCUT2D eigenvalue weighted by Gasteiger charge is 2.45. The Hall–Kier alpha value is -3.17. The molecule has 0 saturated heterocycles. The number of nitrogens with one attached hydrogen (secondary N) is 1. The normalized spacial score (nSPS) is 21.8. The van der Waals surface area contributed by atoms with Gasteiger partial charge in [-0.05, 0) is 18.1 Å². The van der Waals surface area contributed by atoms with Crippen molar-refractivity contribution >= 4 is 17.4 Å². The van der Waals surface area contributed by atoms with E-state index in [1.165, 1.54) is 0 Å². The summed E-state index contributed by atoms with van der Waals surface area (Å²) in [6.07, 6.45) is -4.30. The Morgan fingerprint density at radius 2 is 1.89 bits per heavy atom. The highest BCUT2D eigenvalue weighted by Crippen LogP contribution is 2.46. The van der Waals surface area contributed by atoms with E-state index in [9.17, 15) is 32.9 Å². The van der Waals surface area contributed by atoms with Gasteiger partial charge in [0.15, 0.2) is 5.78 Å². The first-order valence-corrected chi connectivity index (χ1v) is 7.97. The molecule has 7 nitrogen and oxygen atoms in total. The van der Waals surface area contributed by atoms with Crippen molar-refractivity contribution in [1.29, 1.82) is 0 Å². The molecular formula is C17H11F3N2O5. The second-order valence-electron chi connectivity index (χ2n) is 6.37. The number of alkyl halides is 3. The van der Waals surface area contributed by atoms with Crippen LogP contribution in [-0.4, -0.2) is 23.3 Å². The van der Waals surface area contributed by atoms with Crippen LogP contribution >= 0.6 is 0 Å². The Balaban J connectivity index is 1.91. The van der Waals surface area contributed by atoms with Crippen LogP contribution in [0.3, 0.4) is 0 Å². The van der Waals surface area contributed by atoms with Crippen LogP contribution in [-0.2, 0) is 20.5 Å². The fourth-order valence-electron chi connectivity index (χ4n) is 3.73. The number of esters is 1. The average molecular weight is 380 g/mol. The number of rotatable bonds is 2. The third-order valence-electron chi connectivity index (χ3n) is 4.86. The maximum Gasteiger partial charge on any atom is 0.422 e. The molecule has 2 heterocycles. The summed E-state index contributed by atoms with van der Waals surface area (Å²) >= 11 is 0. The van der Waals surface area contributed by atoms with Gasteiger partial charge in [0.05, 0.1) is 16.2 Å². The molecule has 1 N–H and O–H groups in total. The van der Waals surface area contributed by atoms with Crippen molar-refractivity contribution in [3.63, 3.8) is 0 Å². The minimum atomic E-state index is -4.90. The minimum Gasteiger partial charge on any atom is -0.456 e. The lowest BCUT2D eigenvalue weighted by Gasteiger charge is -2.26. The predicted octanol–water partition coefficient (Wildman–Crippen LogP) is 2.73. The second-order valence-corrected chi connectivity index (χ2v) is 6.37. The van der Waals surface area contributed by atoms with Gasteiger partial charge >= 0.3 is 12.1 Å². The Labute approximate surface area is 149 Å². The molecule has 1 unspecified atom stereocenters. The summed E-state index contributed by atoms with van der Waals surface area (Å²) in [5, 5.41) is 14.2. The number of ketones is 1. The van der Waals surface area contributed by atoms with Gasteiger partial charge in [-0.25, -0.2) is 4.79 Å². The van der Waals surface area contributed by atoms with E-state index in [0.717, 1.165) is 12.1 Å². The lowest BCUT2D eigenvalue weighted by Crippen LogP contribution is -2.27. The van der Waals surface area contributed by atoms with Crippen LogP contribution in [0.25, 0.3) is 0 Å². The minimum absolute atomic E-state index is 0.0433. The molecule has 0 amide bonds. The molecule has 1 aromatic rings. The topological polar surface area (TPSA) is 98.5 Å². The first-order chi connectivity index (χ1) is 12.7. The summed E-state index contributed by atoms with van der Waals surface area (Å²) in [4.78, 5) is 34.6. The van der Waals surface area contributed by atoms with Crippen molar-refractivity contribution in [2.75, 3.05) is 6.61 Å². The number of carbonyl (C=O) groups is 2. The van der Waals surface area contributed by atoms with Crippen molar-refractivity contribution in [3.05, 3.63) is 62.0 Å². The molecule has 140 valence electrons.